The Hall–Kier alpha value is -1.45. The molecule has 0 bridgehead atoms. The number of benzene rings is 1. The van der Waals surface area contributed by atoms with Crippen LogP contribution in [0.2, 0.25) is 0 Å². The van der Waals surface area contributed by atoms with Crippen LogP contribution in [0, 0.1) is 21.8 Å². The number of nitrogens with zero attached hydrogens (tertiary/aromatic N) is 1. The molecule has 0 radical (unpaired) electrons. The van der Waals surface area contributed by atoms with Crippen molar-refractivity contribution in [1.82, 2.24) is 0 Å². The van der Waals surface area contributed by atoms with E-state index < -0.39 is 30.4 Å². The quantitative estimate of drug-likeness (QED) is 0.496. The molecule has 1 aromatic rings. The maximum absolute atomic E-state index is 13.8. The fourth-order valence-electron chi connectivity index (χ4n) is 2.23. The van der Waals surface area contributed by atoms with Crippen molar-refractivity contribution >= 4 is 31.1 Å². The second kappa shape index (κ2) is 6.76. The molecule has 22 heavy (non-hydrogen) atoms. The number of nitrogens with one attached hydrogen (secondary N) is 1. The van der Waals surface area contributed by atoms with Gasteiger partial charge in [-0.15, -0.1) is 0 Å². The Bertz CT molecular complexity index is 676. The summed E-state index contributed by atoms with van der Waals surface area (Å²) in [7, 11) is 0.674. The highest BCUT2D eigenvalue weighted by Gasteiger charge is 2.25. The summed E-state index contributed by atoms with van der Waals surface area (Å²) in [4.78, 5) is 9.36. The summed E-state index contributed by atoms with van der Waals surface area (Å²) >= 11 is 0. The lowest BCUT2D eigenvalue weighted by Gasteiger charge is -2.22. The molecule has 2 rings (SSSR count). The minimum atomic E-state index is -4.39. The van der Waals surface area contributed by atoms with Gasteiger partial charge in [0, 0.05) is 42.6 Å². The lowest BCUT2D eigenvalue weighted by molar-refractivity contribution is -0.384. The summed E-state index contributed by atoms with van der Waals surface area (Å²) in [5.41, 5.74) is -0.606. The Kier molecular flexibility index (Phi) is 5.20. The van der Waals surface area contributed by atoms with E-state index in [4.69, 9.17) is 15.4 Å². The van der Waals surface area contributed by atoms with Crippen molar-refractivity contribution in [2.75, 3.05) is 25.1 Å². The predicted octanol–water partition coefficient (Wildman–Crippen LogP) is 2.50. The summed E-state index contributed by atoms with van der Waals surface area (Å²) in [6.45, 7) is 1.65. The zero-order chi connectivity index (χ0) is 16.3. The van der Waals surface area contributed by atoms with Crippen LogP contribution >= 0.6 is 10.7 Å². The van der Waals surface area contributed by atoms with E-state index >= 15 is 0 Å². The number of nitro groups is 1. The van der Waals surface area contributed by atoms with Gasteiger partial charge in [-0.1, -0.05) is 0 Å². The van der Waals surface area contributed by atoms with E-state index in [0.29, 0.717) is 25.8 Å². The third-order valence-corrected chi connectivity index (χ3v) is 4.77. The number of hydrogen-bond donors (Lipinski definition) is 1. The van der Waals surface area contributed by atoms with Crippen molar-refractivity contribution in [3.05, 3.63) is 28.1 Å². The van der Waals surface area contributed by atoms with E-state index in [2.05, 4.69) is 5.32 Å². The molecule has 1 saturated heterocycles. The van der Waals surface area contributed by atoms with Gasteiger partial charge in [0.1, 0.15) is 16.4 Å². The van der Waals surface area contributed by atoms with Crippen molar-refractivity contribution in [2.24, 2.45) is 5.92 Å². The van der Waals surface area contributed by atoms with E-state index in [1.807, 2.05) is 0 Å². The smallest absolute Gasteiger partial charge is 0.293 e. The molecule has 7 nitrogen and oxygen atoms in total. The van der Waals surface area contributed by atoms with Crippen LogP contribution in [0.25, 0.3) is 0 Å². The van der Waals surface area contributed by atoms with Gasteiger partial charge < -0.3 is 10.1 Å². The molecule has 1 aliphatic rings. The van der Waals surface area contributed by atoms with Crippen LogP contribution in [0.5, 0.6) is 0 Å². The minimum Gasteiger partial charge on any atom is -0.381 e. The first-order chi connectivity index (χ1) is 10.3. The molecular weight excluding hydrogens is 339 g/mol. The Morgan fingerprint density at radius 2 is 2.05 bits per heavy atom. The van der Waals surface area contributed by atoms with Crippen LogP contribution in [0.3, 0.4) is 0 Å². The van der Waals surface area contributed by atoms with Crippen molar-refractivity contribution in [2.45, 2.75) is 17.7 Å². The molecular formula is C12H14ClFN2O5S. The standard InChI is InChI=1S/C12H14ClFN2O5S/c13-22(19,20)12-6-11(16(17)18)10(5-9(12)14)15-7-8-1-3-21-4-2-8/h5-6,8,15H,1-4,7H2. The maximum Gasteiger partial charge on any atom is 0.293 e. The molecule has 1 heterocycles. The SMILES string of the molecule is O=[N+]([O-])c1cc(S(=O)(=O)Cl)c(F)cc1NCC1CCOCC1. The number of nitro benzene ring substituents is 1. The summed E-state index contributed by atoms with van der Waals surface area (Å²) in [6.07, 6.45) is 1.61. The number of ether oxygens (including phenoxy) is 1. The largest absolute Gasteiger partial charge is 0.381 e. The first-order valence-corrected chi connectivity index (χ1v) is 8.84. The van der Waals surface area contributed by atoms with E-state index in [0.717, 1.165) is 18.9 Å². The molecule has 0 saturated carbocycles. The van der Waals surface area contributed by atoms with E-state index in [-0.39, 0.29) is 11.6 Å². The molecule has 1 fully saturated rings. The molecule has 122 valence electrons. The van der Waals surface area contributed by atoms with Crippen LogP contribution < -0.4 is 5.32 Å². The van der Waals surface area contributed by atoms with Crippen LogP contribution in [0.4, 0.5) is 15.8 Å². The number of rotatable bonds is 5. The first kappa shape index (κ1) is 16.9. The predicted molar refractivity (Wildman–Crippen MR) is 78.1 cm³/mol. The van der Waals surface area contributed by atoms with Crippen LogP contribution in [-0.2, 0) is 13.8 Å². The summed E-state index contributed by atoms with van der Waals surface area (Å²) in [5, 5.41) is 13.9. The van der Waals surface area contributed by atoms with Gasteiger partial charge in [0.15, 0.2) is 0 Å². The highest BCUT2D eigenvalue weighted by atomic mass is 35.7. The third-order valence-electron chi connectivity index (χ3n) is 3.43. The summed E-state index contributed by atoms with van der Waals surface area (Å²) in [5.74, 6) is -0.872. The fraction of sp³-hybridized carbons (Fsp3) is 0.500. The van der Waals surface area contributed by atoms with Crippen molar-refractivity contribution in [1.29, 1.82) is 0 Å². The third kappa shape index (κ3) is 4.05. The van der Waals surface area contributed by atoms with Crippen molar-refractivity contribution in [3.63, 3.8) is 0 Å². The zero-order valence-electron chi connectivity index (χ0n) is 11.4. The van der Waals surface area contributed by atoms with Crippen molar-refractivity contribution < 1.29 is 22.5 Å². The lowest BCUT2D eigenvalue weighted by atomic mass is 10.0. The Labute approximate surface area is 131 Å². The van der Waals surface area contributed by atoms with Gasteiger partial charge in [0.25, 0.3) is 14.7 Å². The normalized spacial score (nSPS) is 16.5. The minimum absolute atomic E-state index is 0.0712. The average Bonchev–Trinajstić information content (AvgIpc) is 2.44. The highest BCUT2D eigenvalue weighted by Crippen LogP contribution is 2.32. The van der Waals surface area contributed by atoms with Crippen LogP contribution in [0.15, 0.2) is 17.0 Å². The first-order valence-electron chi connectivity index (χ1n) is 6.53. The van der Waals surface area contributed by atoms with Gasteiger partial charge >= 0.3 is 0 Å². The molecule has 1 aliphatic heterocycles. The number of halogens is 2. The van der Waals surface area contributed by atoms with Gasteiger partial charge in [-0.2, -0.15) is 0 Å². The van der Waals surface area contributed by atoms with Crippen LogP contribution in [-0.4, -0.2) is 33.1 Å². The molecule has 0 aromatic heterocycles. The van der Waals surface area contributed by atoms with E-state index in [1.54, 1.807) is 0 Å². The Morgan fingerprint density at radius 3 is 2.59 bits per heavy atom. The molecule has 0 atom stereocenters. The number of hydrogen-bond acceptors (Lipinski definition) is 6. The number of anilines is 1. The highest BCUT2D eigenvalue weighted by molar-refractivity contribution is 8.13. The van der Waals surface area contributed by atoms with Gasteiger partial charge in [0.2, 0.25) is 0 Å². The zero-order valence-corrected chi connectivity index (χ0v) is 13.0. The van der Waals surface area contributed by atoms with E-state index in [1.165, 1.54) is 0 Å². The van der Waals surface area contributed by atoms with Gasteiger partial charge in [-0.05, 0) is 18.8 Å². The summed E-state index contributed by atoms with van der Waals surface area (Å²) < 4.78 is 41.4. The topological polar surface area (TPSA) is 98.5 Å². The van der Waals surface area contributed by atoms with E-state index in [9.17, 15) is 22.9 Å². The average molecular weight is 353 g/mol. The second-order valence-electron chi connectivity index (χ2n) is 4.93. The monoisotopic (exact) mass is 352 g/mol. The lowest BCUT2D eigenvalue weighted by Crippen LogP contribution is -2.23. The molecule has 0 amide bonds. The molecule has 0 aliphatic carbocycles. The van der Waals surface area contributed by atoms with Gasteiger partial charge in [0.05, 0.1) is 4.92 Å². The Morgan fingerprint density at radius 1 is 1.41 bits per heavy atom. The fourth-order valence-corrected chi connectivity index (χ4v) is 3.13. The molecule has 10 heteroatoms. The van der Waals surface area contributed by atoms with Gasteiger partial charge in [-0.3, -0.25) is 10.1 Å². The van der Waals surface area contributed by atoms with Gasteiger partial charge in [-0.25, -0.2) is 12.8 Å². The second-order valence-corrected chi connectivity index (χ2v) is 7.47. The van der Waals surface area contributed by atoms with Crippen LogP contribution in [0.1, 0.15) is 12.8 Å². The molecule has 0 spiro atoms. The van der Waals surface area contributed by atoms with Crippen molar-refractivity contribution in [3.8, 4) is 0 Å². The molecule has 0 unspecified atom stereocenters. The Balaban J connectivity index is 2.26. The molecule has 1 aromatic carbocycles. The summed E-state index contributed by atoms with van der Waals surface area (Å²) in [6, 6.07) is 1.41. The molecule has 1 N–H and O–H groups in total. The maximum atomic E-state index is 13.8.